The molecule has 0 radical (unpaired) electrons. The number of fused-ring (bicyclic) bond motifs is 1. The molecule has 1 aliphatic rings. The average Bonchev–Trinajstić information content (AvgIpc) is 3.12. The van der Waals surface area contributed by atoms with Crippen LogP contribution < -0.4 is 20.1 Å². The number of carbonyl (C=O) groups is 2. The van der Waals surface area contributed by atoms with Crippen LogP contribution in [0.15, 0.2) is 35.7 Å². The van der Waals surface area contributed by atoms with Crippen molar-refractivity contribution in [3.8, 4) is 11.5 Å². The molecule has 3 rings (SSSR count). The van der Waals surface area contributed by atoms with Gasteiger partial charge in [-0.1, -0.05) is 12.1 Å². The lowest BCUT2D eigenvalue weighted by Crippen LogP contribution is -2.36. The molecule has 0 bridgehead atoms. The van der Waals surface area contributed by atoms with Crippen LogP contribution >= 0.6 is 11.3 Å². The Morgan fingerprint density at radius 1 is 1.09 bits per heavy atom. The number of rotatable bonds is 5. The Balaban J connectivity index is 1.46. The van der Waals surface area contributed by atoms with Gasteiger partial charge >= 0.3 is 0 Å². The normalized spacial score (nSPS) is 12.5. The highest BCUT2D eigenvalue weighted by Crippen LogP contribution is 2.30. The third-order valence-corrected chi connectivity index (χ3v) is 4.12. The van der Waals surface area contributed by atoms with Crippen LogP contribution in [-0.2, 0) is 11.3 Å². The van der Waals surface area contributed by atoms with Crippen LogP contribution in [0.4, 0.5) is 0 Å². The largest absolute Gasteiger partial charge is 0.486 e. The molecule has 0 fully saturated rings. The molecule has 0 unspecified atom stereocenters. The molecule has 23 heavy (non-hydrogen) atoms. The molecule has 6 nitrogen and oxygen atoms in total. The van der Waals surface area contributed by atoms with Crippen molar-refractivity contribution in [1.29, 1.82) is 0 Å². The smallest absolute Gasteiger partial charge is 0.261 e. The van der Waals surface area contributed by atoms with Gasteiger partial charge in [0.25, 0.3) is 5.91 Å². The predicted octanol–water partition coefficient (Wildman–Crippen LogP) is 1.57. The molecule has 0 spiro atoms. The summed E-state index contributed by atoms with van der Waals surface area (Å²) in [5.74, 6) is 0.919. The van der Waals surface area contributed by atoms with Gasteiger partial charge in [0.05, 0.1) is 11.4 Å². The van der Waals surface area contributed by atoms with Gasteiger partial charge in [0.1, 0.15) is 13.2 Å². The van der Waals surface area contributed by atoms with Crippen LogP contribution in [0, 0.1) is 0 Å². The van der Waals surface area contributed by atoms with E-state index in [9.17, 15) is 9.59 Å². The zero-order valence-electron chi connectivity index (χ0n) is 12.3. The molecule has 2 amide bonds. The number of hydrogen-bond acceptors (Lipinski definition) is 5. The first-order valence-corrected chi connectivity index (χ1v) is 8.07. The van der Waals surface area contributed by atoms with Crippen molar-refractivity contribution in [2.24, 2.45) is 0 Å². The van der Waals surface area contributed by atoms with E-state index in [1.807, 2.05) is 23.6 Å². The van der Waals surface area contributed by atoms with E-state index >= 15 is 0 Å². The number of thiophene rings is 1. The fourth-order valence-electron chi connectivity index (χ4n) is 2.12. The summed E-state index contributed by atoms with van der Waals surface area (Å²) >= 11 is 1.34. The van der Waals surface area contributed by atoms with Gasteiger partial charge in [-0.25, -0.2) is 0 Å². The van der Waals surface area contributed by atoms with Crippen molar-refractivity contribution >= 4 is 23.2 Å². The van der Waals surface area contributed by atoms with Gasteiger partial charge in [-0.15, -0.1) is 11.3 Å². The molecule has 1 aromatic carbocycles. The minimum atomic E-state index is -0.246. The molecular weight excluding hydrogens is 316 g/mol. The zero-order chi connectivity index (χ0) is 16.1. The van der Waals surface area contributed by atoms with E-state index in [0.717, 1.165) is 11.3 Å². The van der Waals surface area contributed by atoms with Gasteiger partial charge in [0, 0.05) is 6.54 Å². The quantitative estimate of drug-likeness (QED) is 0.871. The van der Waals surface area contributed by atoms with Crippen molar-refractivity contribution in [2.75, 3.05) is 19.8 Å². The van der Waals surface area contributed by atoms with E-state index in [4.69, 9.17) is 9.47 Å². The lowest BCUT2D eigenvalue weighted by atomic mass is 10.2. The molecule has 1 aliphatic heterocycles. The summed E-state index contributed by atoms with van der Waals surface area (Å²) in [6.07, 6.45) is 0. The maximum Gasteiger partial charge on any atom is 0.261 e. The molecule has 1 aromatic heterocycles. The van der Waals surface area contributed by atoms with Crippen molar-refractivity contribution in [2.45, 2.75) is 6.54 Å². The molecule has 0 saturated heterocycles. The Morgan fingerprint density at radius 3 is 2.70 bits per heavy atom. The third-order valence-electron chi connectivity index (χ3n) is 3.25. The van der Waals surface area contributed by atoms with Gasteiger partial charge in [-0.05, 0) is 29.1 Å². The first kappa shape index (κ1) is 15.4. The minimum Gasteiger partial charge on any atom is -0.486 e. The summed E-state index contributed by atoms with van der Waals surface area (Å²) in [5.41, 5.74) is 0.909. The van der Waals surface area contributed by atoms with Crippen molar-refractivity contribution in [3.63, 3.8) is 0 Å². The van der Waals surface area contributed by atoms with Gasteiger partial charge in [-0.3, -0.25) is 9.59 Å². The van der Waals surface area contributed by atoms with Crippen LogP contribution in [-0.4, -0.2) is 31.6 Å². The Labute approximate surface area is 137 Å². The fraction of sp³-hybridized carbons (Fsp3) is 0.250. The number of amides is 2. The van der Waals surface area contributed by atoms with Crippen molar-refractivity contribution < 1.29 is 19.1 Å². The van der Waals surface area contributed by atoms with E-state index in [0.29, 0.717) is 30.4 Å². The summed E-state index contributed by atoms with van der Waals surface area (Å²) in [6.45, 7) is 1.39. The Hall–Kier alpha value is -2.54. The second-order valence-corrected chi connectivity index (χ2v) is 5.86. The Kier molecular flexibility index (Phi) is 4.77. The second kappa shape index (κ2) is 7.15. The van der Waals surface area contributed by atoms with E-state index in [-0.39, 0.29) is 18.4 Å². The summed E-state index contributed by atoms with van der Waals surface area (Å²) in [7, 11) is 0. The topological polar surface area (TPSA) is 76.7 Å². The van der Waals surface area contributed by atoms with E-state index in [1.165, 1.54) is 11.3 Å². The summed E-state index contributed by atoms with van der Waals surface area (Å²) < 4.78 is 10.9. The van der Waals surface area contributed by atoms with Gasteiger partial charge in [0.15, 0.2) is 11.5 Å². The standard InChI is InChI=1S/C16H16N2O4S/c19-15(10-18-16(20)14-2-1-7-23-14)17-9-11-3-4-12-13(8-11)22-6-5-21-12/h1-4,7-8H,5-6,9-10H2,(H,17,19)(H,18,20). The van der Waals surface area contributed by atoms with E-state index in [2.05, 4.69) is 10.6 Å². The number of benzene rings is 1. The molecule has 2 N–H and O–H groups in total. The number of hydrogen-bond donors (Lipinski definition) is 2. The zero-order valence-corrected chi connectivity index (χ0v) is 13.2. The highest BCUT2D eigenvalue weighted by molar-refractivity contribution is 7.12. The molecule has 120 valence electrons. The van der Waals surface area contributed by atoms with Gasteiger partial charge in [-0.2, -0.15) is 0 Å². The van der Waals surface area contributed by atoms with Crippen LogP contribution in [0.1, 0.15) is 15.2 Å². The SMILES string of the molecule is O=C(CNC(=O)c1cccs1)NCc1ccc2c(c1)OCCO2. The Morgan fingerprint density at radius 2 is 1.91 bits per heavy atom. The van der Waals surface area contributed by atoms with Gasteiger partial charge < -0.3 is 20.1 Å². The first-order valence-electron chi connectivity index (χ1n) is 7.19. The third kappa shape index (κ3) is 4.01. The minimum absolute atomic E-state index is 0.0543. The average molecular weight is 332 g/mol. The Bertz CT molecular complexity index is 700. The molecule has 2 heterocycles. The second-order valence-electron chi connectivity index (χ2n) is 4.91. The highest BCUT2D eigenvalue weighted by atomic mass is 32.1. The van der Waals surface area contributed by atoms with Crippen LogP contribution in [0.25, 0.3) is 0 Å². The molecule has 7 heteroatoms. The summed E-state index contributed by atoms with van der Waals surface area (Å²) in [5, 5.41) is 7.16. The number of carbonyl (C=O) groups excluding carboxylic acids is 2. The van der Waals surface area contributed by atoms with Crippen LogP contribution in [0.5, 0.6) is 11.5 Å². The highest BCUT2D eigenvalue weighted by Gasteiger charge is 2.12. The molecular formula is C16H16N2O4S. The summed E-state index contributed by atoms with van der Waals surface area (Å²) in [6, 6.07) is 9.06. The first-order chi connectivity index (χ1) is 11.2. The van der Waals surface area contributed by atoms with Gasteiger partial charge in [0.2, 0.25) is 5.91 Å². The van der Waals surface area contributed by atoms with E-state index in [1.54, 1.807) is 12.1 Å². The lowest BCUT2D eigenvalue weighted by molar-refractivity contribution is -0.120. The number of nitrogens with one attached hydrogen (secondary N) is 2. The predicted molar refractivity (Wildman–Crippen MR) is 85.9 cm³/mol. The van der Waals surface area contributed by atoms with Crippen LogP contribution in [0.3, 0.4) is 0 Å². The lowest BCUT2D eigenvalue weighted by Gasteiger charge is -2.19. The molecule has 0 atom stereocenters. The van der Waals surface area contributed by atoms with Crippen molar-refractivity contribution in [3.05, 3.63) is 46.2 Å². The fourth-order valence-corrected chi connectivity index (χ4v) is 2.76. The molecule has 2 aromatic rings. The number of ether oxygens (including phenoxy) is 2. The summed E-state index contributed by atoms with van der Waals surface area (Å²) in [4.78, 5) is 24.1. The van der Waals surface area contributed by atoms with Crippen LogP contribution in [0.2, 0.25) is 0 Å². The molecule has 0 saturated carbocycles. The maximum atomic E-state index is 11.8. The van der Waals surface area contributed by atoms with Crippen molar-refractivity contribution in [1.82, 2.24) is 10.6 Å². The monoisotopic (exact) mass is 332 g/mol. The molecule has 0 aliphatic carbocycles. The van der Waals surface area contributed by atoms with E-state index < -0.39 is 0 Å². The maximum absolute atomic E-state index is 11.8.